The molecule has 2 unspecified atom stereocenters. The Bertz CT molecular complexity index is 809. The second-order valence-electron chi connectivity index (χ2n) is 6.95. The van der Waals surface area contributed by atoms with Crippen LogP contribution in [0.15, 0.2) is 60.7 Å². The van der Waals surface area contributed by atoms with Crippen molar-refractivity contribution in [1.29, 1.82) is 0 Å². The van der Waals surface area contributed by atoms with Gasteiger partial charge in [-0.3, -0.25) is 9.59 Å². The van der Waals surface area contributed by atoms with E-state index >= 15 is 0 Å². The Morgan fingerprint density at radius 2 is 1.68 bits per heavy atom. The Morgan fingerprint density at radius 1 is 1.07 bits per heavy atom. The molecule has 1 fully saturated rings. The molecule has 0 radical (unpaired) electrons. The van der Waals surface area contributed by atoms with Gasteiger partial charge in [0.2, 0.25) is 11.8 Å². The van der Waals surface area contributed by atoms with E-state index in [1.165, 1.54) is 0 Å². The van der Waals surface area contributed by atoms with Crippen LogP contribution in [0.1, 0.15) is 23.6 Å². The molecule has 2 amide bonds. The van der Waals surface area contributed by atoms with Gasteiger partial charge in [0.15, 0.2) is 0 Å². The van der Waals surface area contributed by atoms with Crippen LogP contribution in [0.2, 0.25) is 0 Å². The fourth-order valence-corrected chi connectivity index (χ4v) is 3.39. The Balaban J connectivity index is 1.70. The highest BCUT2D eigenvalue weighted by molar-refractivity contribution is 5.89. The normalized spacial score (nSPS) is 18.2. The number of hydrogen-bond donors (Lipinski definition) is 1. The van der Waals surface area contributed by atoms with E-state index in [-0.39, 0.29) is 19.0 Å². The first-order valence-electron chi connectivity index (χ1n) is 9.05. The van der Waals surface area contributed by atoms with Gasteiger partial charge in [-0.2, -0.15) is 13.2 Å². The summed E-state index contributed by atoms with van der Waals surface area (Å²) in [5.41, 5.74) is 1.93. The number of likely N-dealkylation sites (tertiary alicyclic amines) is 1. The summed E-state index contributed by atoms with van der Waals surface area (Å²) in [6.07, 6.45) is -4.13. The lowest BCUT2D eigenvalue weighted by Gasteiger charge is -2.22. The van der Waals surface area contributed by atoms with Gasteiger partial charge in [-0.05, 0) is 17.5 Å². The zero-order valence-electron chi connectivity index (χ0n) is 15.2. The molecule has 1 saturated heterocycles. The van der Waals surface area contributed by atoms with Crippen molar-refractivity contribution in [1.82, 2.24) is 10.2 Å². The zero-order chi connectivity index (χ0) is 20.1. The van der Waals surface area contributed by atoms with E-state index in [4.69, 9.17) is 0 Å². The molecular formula is C21H21F3N2O2. The summed E-state index contributed by atoms with van der Waals surface area (Å²) in [6.45, 7) is -1.53. The first-order chi connectivity index (χ1) is 13.3. The van der Waals surface area contributed by atoms with Crippen molar-refractivity contribution in [3.63, 3.8) is 0 Å². The Kier molecular flexibility index (Phi) is 6.02. The SMILES string of the molecule is O=C(NC(Cc1ccccc1)c1ccccc1)C1CC(=O)N(CC(F)(F)F)C1. The summed E-state index contributed by atoms with van der Waals surface area (Å²) < 4.78 is 37.8. The van der Waals surface area contributed by atoms with E-state index in [0.717, 1.165) is 11.1 Å². The van der Waals surface area contributed by atoms with Gasteiger partial charge < -0.3 is 10.2 Å². The van der Waals surface area contributed by atoms with Crippen molar-refractivity contribution in [2.75, 3.05) is 13.1 Å². The lowest BCUT2D eigenvalue weighted by Crippen LogP contribution is -2.38. The number of halogens is 3. The van der Waals surface area contributed by atoms with Gasteiger partial charge in [-0.15, -0.1) is 0 Å². The maximum absolute atomic E-state index is 12.7. The molecule has 0 bridgehead atoms. The lowest BCUT2D eigenvalue weighted by atomic mass is 9.97. The van der Waals surface area contributed by atoms with Crippen LogP contribution in [0.3, 0.4) is 0 Å². The molecule has 1 heterocycles. The van der Waals surface area contributed by atoms with Crippen LogP contribution in [0.5, 0.6) is 0 Å². The molecule has 2 atom stereocenters. The van der Waals surface area contributed by atoms with Crippen molar-refractivity contribution < 1.29 is 22.8 Å². The van der Waals surface area contributed by atoms with Crippen molar-refractivity contribution in [3.8, 4) is 0 Å². The third-order valence-electron chi connectivity index (χ3n) is 4.76. The smallest absolute Gasteiger partial charge is 0.349 e. The zero-order valence-corrected chi connectivity index (χ0v) is 15.2. The van der Waals surface area contributed by atoms with Crippen molar-refractivity contribution in [2.45, 2.75) is 25.1 Å². The second kappa shape index (κ2) is 8.46. The number of alkyl halides is 3. The molecule has 0 spiro atoms. The molecule has 2 aromatic rings. The maximum atomic E-state index is 12.7. The average molecular weight is 390 g/mol. The van der Waals surface area contributed by atoms with Crippen LogP contribution >= 0.6 is 0 Å². The number of nitrogens with one attached hydrogen (secondary N) is 1. The van der Waals surface area contributed by atoms with Crippen LogP contribution < -0.4 is 5.32 Å². The van der Waals surface area contributed by atoms with Crippen LogP contribution in [-0.4, -0.2) is 36.0 Å². The Labute approximate surface area is 161 Å². The van der Waals surface area contributed by atoms with Crippen molar-refractivity contribution in [2.24, 2.45) is 5.92 Å². The molecule has 148 valence electrons. The number of hydrogen-bond acceptors (Lipinski definition) is 2. The fourth-order valence-electron chi connectivity index (χ4n) is 3.39. The average Bonchev–Trinajstić information content (AvgIpc) is 3.02. The van der Waals surface area contributed by atoms with E-state index in [2.05, 4.69) is 5.32 Å². The topological polar surface area (TPSA) is 49.4 Å². The third-order valence-corrected chi connectivity index (χ3v) is 4.76. The molecule has 1 aliphatic rings. The number of nitrogens with zero attached hydrogens (tertiary/aromatic N) is 1. The number of benzene rings is 2. The predicted octanol–water partition coefficient (Wildman–Crippen LogP) is 3.50. The van der Waals surface area contributed by atoms with E-state index in [1.807, 2.05) is 60.7 Å². The Hall–Kier alpha value is -2.83. The van der Waals surface area contributed by atoms with E-state index in [0.29, 0.717) is 11.3 Å². The summed E-state index contributed by atoms with van der Waals surface area (Å²) in [4.78, 5) is 25.3. The number of carbonyl (C=O) groups is 2. The van der Waals surface area contributed by atoms with Gasteiger partial charge in [-0.25, -0.2) is 0 Å². The van der Waals surface area contributed by atoms with Gasteiger partial charge in [0.25, 0.3) is 0 Å². The largest absolute Gasteiger partial charge is 0.406 e. The predicted molar refractivity (Wildman–Crippen MR) is 98.2 cm³/mol. The third kappa shape index (κ3) is 5.34. The molecule has 4 nitrogen and oxygen atoms in total. The quantitative estimate of drug-likeness (QED) is 0.821. The molecule has 2 aromatic carbocycles. The summed E-state index contributed by atoms with van der Waals surface area (Å²) in [5, 5.41) is 2.93. The molecule has 1 aliphatic heterocycles. The van der Waals surface area contributed by atoms with Gasteiger partial charge in [0.05, 0.1) is 12.0 Å². The number of carbonyl (C=O) groups excluding carboxylic acids is 2. The summed E-state index contributed by atoms with van der Waals surface area (Å²) in [6, 6.07) is 18.7. The number of amides is 2. The van der Waals surface area contributed by atoms with Crippen molar-refractivity contribution in [3.05, 3.63) is 71.8 Å². The summed E-state index contributed by atoms with van der Waals surface area (Å²) in [7, 11) is 0. The number of rotatable bonds is 6. The fraction of sp³-hybridized carbons (Fsp3) is 0.333. The first-order valence-corrected chi connectivity index (χ1v) is 9.05. The Morgan fingerprint density at radius 3 is 2.29 bits per heavy atom. The standard InChI is InChI=1S/C21H21F3N2O2/c22-21(23,24)14-26-13-17(12-19(26)27)20(28)25-18(16-9-5-2-6-10-16)11-15-7-3-1-4-8-15/h1-10,17-18H,11-14H2,(H,25,28). The highest BCUT2D eigenvalue weighted by atomic mass is 19.4. The molecule has 3 rings (SSSR count). The summed E-state index contributed by atoms with van der Waals surface area (Å²) in [5.74, 6) is -1.82. The van der Waals surface area contributed by atoms with Gasteiger partial charge >= 0.3 is 6.18 Å². The van der Waals surface area contributed by atoms with Gasteiger partial charge in [0, 0.05) is 13.0 Å². The highest BCUT2D eigenvalue weighted by Gasteiger charge is 2.40. The summed E-state index contributed by atoms with van der Waals surface area (Å²) >= 11 is 0. The minimum atomic E-state index is -4.47. The van der Waals surface area contributed by atoms with Gasteiger partial charge in [-0.1, -0.05) is 60.7 Å². The molecule has 28 heavy (non-hydrogen) atoms. The van der Waals surface area contributed by atoms with E-state index < -0.39 is 30.5 Å². The highest BCUT2D eigenvalue weighted by Crippen LogP contribution is 2.25. The van der Waals surface area contributed by atoms with Crippen LogP contribution in [0.4, 0.5) is 13.2 Å². The van der Waals surface area contributed by atoms with E-state index in [9.17, 15) is 22.8 Å². The van der Waals surface area contributed by atoms with Crippen LogP contribution in [-0.2, 0) is 16.0 Å². The van der Waals surface area contributed by atoms with Crippen LogP contribution in [0, 0.1) is 5.92 Å². The molecule has 0 aromatic heterocycles. The maximum Gasteiger partial charge on any atom is 0.406 e. The lowest BCUT2D eigenvalue weighted by molar-refractivity contribution is -0.157. The first kappa shape index (κ1) is 19.9. The molecule has 0 aliphatic carbocycles. The minimum absolute atomic E-state index is 0.200. The minimum Gasteiger partial charge on any atom is -0.349 e. The van der Waals surface area contributed by atoms with Crippen LogP contribution in [0.25, 0.3) is 0 Å². The van der Waals surface area contributed by atoms with Gasteiger partial charge in [0.1, 0.15) is 6.54 Å². The second-order valence-corrected chi connectivity index (χ2v) is 6.95. The molecular weight excluding hydrogens is 369 g/mol. The monoisotopic (exact) mass is 390 g/mol. The molecule has 0 saturated carbocycles. The van der Waals surface area contributed by atoms with Crippen molar-refractivity contribution >= 4 is 11.8 Å². The van der Waals surface area contributed by atoms with E-state index in [1.54, 1.807) is 0 Å². The molecule has 7 heteroatoms. The molecule has 1 N–H and O–H groups in total.